The third-order valence-corrected chi connectivity index (χ3v) is 4.84. The summed E-state index contributed by atoms with van der Waals surface area (Å²) in [6.45, 7) is 4.43. The van der Waals surface area contributed by atoms with Gasteiger partial charge in [-0.05, 0) is 43.1 Å². The molecular formula is C18H27FN2O3. The highest BCUT2D eigenvalue weighted by Gasteiger charge is 2.35. The predicted molar refractivity (Wildman–Crippen MR) is 90.1 cm³/mol. The van der Waals surface area contributed by atoms with E-state index in [1.165, 1.54) is 12.1 Å². The average molecular weight is 338 g/mol. The molecule has 24 heavy (non-hydrogen) atoms. The first kappa shape index (κ1) is 18.8. The van der Waals surface area contributed by atoms with Gasteiger partial charge in [0.1, 0.15) is 5.82 Å². The molecule has 1 saturated heterocycles. The summed E-state index contributed by atoms with van der Waals surface area (Å²) in [5, 5.41) is 18.6. The largest absolute Gasteiger partial charge is 0.396 e. The van der Waals surface area contributed by atoms with Gasteiger partial charge < -0.3 is 20.0 Å². The number of aliphatic hydroxyl groups is 2. The Balaban J connectivity index is 1.99. The number of likely N-dealkylation sites (tertiary alicyclic amines) is 1. The molecule has 1 aliphatic heterocycles. The minimum atomic E-state index is -0.332. The van der Waals surface area contributed by atoms with Crippen LogP contribution in [0.4, 0.5) is 4.39 Å². The number of nitrogens with zero attached hydrogens (tertiary/aromatic N) is 2. The first-order valence-corrected chi connectivity index (χ1v) is 8.37. The SMILES string of the molecule is Cc1ccc(F)cc1CC(=O)N1CC(CO)C(CN(C)CCO)C1. The minimum Gasteiger partial charge on any atom is -0.396 e. The van der Waals surface area contributed by atoms with Crippen molar-refractivity contribution in [1.82, 2.24) is 9.80 Å². The molecule has 1 aliphatic rings. The molecule has 1 amide bonds. The zero-order chi connectivity index (χ0) is 17.7. The number of amides is 1. The second kappa shape index (κ2) is 8.55. The topological polar surface area (TPSA) is 64.0 Å². The lowest BCUT2D eigenvalue weighted by Crippen LogP contribution is -2.34. The van der Waals surface area contributed by atoms with Crippen molar-refractivity contribution >= 4 is 5.91 Å². The van der Waals surface area contributed by atoms with E-state index in [1.54, 1.807) is 11.0 Å². The molecule has 0 spiro atoms. The average Bonchev–Trinajstić information content (AvgIpc) is 2.94. The van der Waals surface area contributed by atoms with Crippen molar-refractivity contribution in [3.63, 3.8) is 0 Å². The zero-order valence-corrected chi connectivity index (χ0v) is 14.4. The Morgan fingerprint density at radius 1 is 1.33 bits per heavy atom. The second-order valence-electron chi connectivity index (χ2n) is 6.73. The third-order valence-electron chi connectivity index (χ3n) is 4.84. The number of carbonyl (C=O) groups is 1. The molecule has 1 heterocycles. The number of halogens is 1. The van der Waals surface area contributed by atoms with Gasteiger partial charge in [0.2, 0.25) is 5.91 Å². The van der Waals surface area contributed by atoms with Crippen LogP contribution < -0.4 is 0 Å². The number of carbonyl (C=O) groups excluding carboxylic acids is 1. The molecule has 1 fully saturated rings. The Hall–Kier alpha value is -1.50. The number of likely N-dealkylation sites (N-methyl/N-ethyl adjacent to an activating group) is 1. The van der Waals surface area contributed by atoms with E-state index in [-0.39, 0.29) is 43.2 Å². The van der Waals surface area contributed by atoms with Crippen molar-refractivity contribution in [1.29, 1.82) is 0 Å². The van der Waals surface area contributed by atoms with Gasteiger partial charge >= 0.3 is 0 Å². The summed E-state index contributed by atoms with van der Waals surface area (Å²) in [5.74, 6) is -0.135. The molecule has 0 saturated carbocycles. The summed E-state index contributed by atoms with van der Waals surface area (Å²) in [7, 11) is 1.92. The molecule has 2 atom stereocenters. The highest BCUT2D eigenvalue weighted by Crippen LogP contribution is 2.25. The summed E-state index contributed by atoms with van der Waals surface area (Å²) in [6, 6.07) is 4.50. The Labute approximate surface area is 142 Å². The molecule has 0 aromatic heterocycles. The maximum absolute atomic E-state index is 13.4. The lowest BCUT2D eigenvalue weighted by molar-refractivity contribution is -0.129. The monoisotopic (exact) mass is 338 g/mol. The van der Waals surface area contributed by atoms with Crippen LogP contribution in [-0.2, 0) is 11.2 Å². The summed E-state index contributed by atoms with van der Waals surface area (Å²) < 4.78 is 13.4. The number of hydrogen-bond acceptors (Lipinski definition) is 4. The van der Waals surface area contributed by atoms with Gasteiger partial charge in [-0.2, -0.15) is 0 Å². The molecule has 0 radical (unpaired) electrons. The van der Waals surface area contributed by atoms with Gasteiger partial charge in [0.25, 0.3) is 0 Å². The van der Waals surface area contributed by atoms with Crippen molar-refractivity contribution in [3.8, 4) is 0 Å². The molecule has 2 N–H and O–H groups in total. The molecule has 134 valence electrons. The standard InChI is InChI=1S/C18H27FN2O3/c1-13-3-4-17(19)7-14(13)8-18(24)21-10-15(16(11-21)12-23)9-20(2)5-6-22/h3-4,7,15-16,22-23H,5-6,8-12H2,1-2H3. The molecule has 0 bridgehead atoms. The molecule has 2 unspecified atom stereocenters. The normalized spacial score (nSPS) is 20.8. The summed E-state index contributed by atoms with van der Waals surface area (Å²) in [4.78, 5) is 16.3. The van der Waals surface area contributed by atoms with E-state index in [0.29, 0.717) is 25.2 Å². The summed E-state index contributed by atoms with van der Waals surface area (Å²) in [5.41, 5.74) is 1.61. The quantitative estimate of drug-likeness (QED) is 0.767. The highest BCUT2D eigenvalue weighted by molar-refractivity contribution is 5.79. The Bertz CT molecular complexity index is 567. The fourth-order valence-corrected chi connectivity index (χ4v) is 3.32. The van der Waals surface area contributed by atoms with Gasteiger partial charge in [-0.25, -0.2) is 4.39 Å². The van der Waals surface area contributed by atoms with E-state index in [2.05, 4.69) is 0 Å². The first-order chi connectivity index (χ1) is 11.4. The number of rotatable bonds is 7. The molecule has 5 nitrogen and oxygen atoms in total. The Morgan fingerprint density at radius 2 is 2.04 bits per heavy atom. The molecule has 6 heteroatoms. The van der Waals surface area contributed by atoms with Gasteiger partial charge in [0, 0.05) is 38.7 Å². The van der Waals surface area contributed by atoms with Crippen molar-refractivity contribution in [3.05, 3.63) is 35.1 Å². The van der Waals surface area contributed by atoms with Gasteiger partial charge in [0.05, 0.1) is 13.0 Å². The fourth-order valence-electron chi connectivity index (χ4n) is 3.32. The van der Waals surface area contributed by atoms with Crippen LogP contribution in [0.3, 0.4) is 0 Å². The summed E-state index contributed by atoms with van der Waals surface area (Å²) in [6.07, 6.45) is 0.181. The van der Waals surface area contributed by atoms with Gasteiger partial charge in [-0.3, -0.25) is 4.79 Å². The number of benzene rings is 1. The first-order valence-electron chi connectivity index (χ1n) is 8.37. The smallest absolute Gasteiger partial charge is 0.227 e. The third kappa shape index (κ3) is 4.75. The van der Waals surface area contributed by atoms with E-state index >= 15 is 0 Å². The lowest BCUT2D eigenvalue weighted by atomic mass is 9.96. The van der Waals surface area contributed by atoms with E-state index in [1.807, 2.05) is 18.9 Å². The van der Waals surface area contributed by atoms with Crippen LogP contribution in [0.2, 0.25) is 0 Å². The van der Waals surface area contributed by atoms with E-state index in [4.69, 9.17) is 5.11 Å². The highest BCUT2D eigenvalue weighted by atomic mass is 19.1. The molecular weight excluding hydrogens is 311 g/mol. The maximum Gasteiger partial charge on any atom is 0.227 e. The number of hydrogen-bond donors (Lipinski definition) is 2. The van der Waals surface area contributed by atoms with Crippen LogP contribution in [0.25, 0.3) is 0 Å². The number of aliphatic hydroxyl groups excluding tert-OH is 2. The molecule has 1 aromatic carbocycles. The fraction of sp³-hybridized carbons (Fsp3) is 0.611. The van der Waals surface area contributed by atoms with Gasteiger partial charge in [0.15, 0.2) is 0 Å². The minimum absolute atomic E-state index is 0.0329. The van der Waals surface area contributed by atoms with Crippen molar-refractivity contribution in [2.24, 2.45) is 11.8 Å². The van der Waals surface area contributed by atoms with Crippen molar-refractivity contribution in [2.45, 2.75) is 13.3 Å². The van der Waals surface area contributed by atoms with Crippen LogP contribution in [0.15, 0.2) is 18.2 Å². The van der Waals surface area contributed by atoms with Crippen LogP contribution in [-0.4, -0.2) is 72.4 Å². The van der Waals surface area contributed by atoms with Crippen LogP contribution in [0.1, 0.15) is 11.1 Å². The van der Waals surface area contributed by atoms with Crippen LogP contribution in [0.5, 0.6) is 0 Å². The summed E-state index contributed by atoms with van der Waals surface area (Å²) >= 11 is 0. The zero-order valence-electron chi connectivity index (χ0n) is 14.4. The predicted octanol–water partition coefficient (Wildman–Crippen LogP) is 0.668. The van der Waals surface area contributed by atoms with Gasteiger partial charge in [-0.15, -0.1) is 0 Å². The lowest BCUT2D eigenvalue weighted by Gasteiger charge is -2.23. The van der Waals surface area contributed by atoms with Gasteiger partial charge in [-0.1, -0.05) is 6.07 Å². The maximum atomic E-state index is 13.4. The van der Waals surface area contributed by atoms with E-state index in [0.717, 1.165) is 12.1 Å². The van der Waals surface area contributed by atoms with Crippen molar-refractivity contribution < 1.29 is 19.4 Å². The molecule has 2 rings (SSSR count). The molecule has 1 aromatic rings. The van der Waals surface area contributed by atoms with Crippen LogP contribution in [0, 0.1) is 24.6 Å². The Kier molecular flexibility index (Phi) is 6.71. The number of aryl methyl sites for hydroxylation is 1. The van der Waals surface area contributed by atoms with Crippen molar-refractivity contribution in [2.75, 3.05) is 46.4 Å². The Morgan fingerprint density at radius 3 is 2.71 bits per heavy atom. The second-order valence-corrected chi connectivity index (χ2v) is 6.73. The van der Waals surface area contributed by atoms with Crippen LogP contribution >= 0.6 is 0 Å². The molecule has 0 aliphatic carbocycles. The van der Waals surface area contributed by atoms with E-state index < -0.39 is 0 Å². The van der Waals surface area contributed by atoms with E-state index in [9.17, 15) is 14.3 Å².